The molecule has 94 valence electrons. The van der Waals surface area contributed by atoms with Gasteiger partial charge in [0.05, 0.1) is 6.61 Å². The number of esters is 1. The summed E-state index contributed by atoms with van der Waals surface area (Å²) < 4.78 is 24.7. The van der Waals surface area contributed by atoms with Gasteiger partial charge in [0.1, 0.15) is 0 Å². The van der Waals surface area contributed by atoms with Crippen molar-refractivity contribution in [2.75, 3.05) is 6.61 Å². The van der Waals surface area contributed by atoms with Gasteiger partial charge in [0.2, 0.25) is 6.29 Å². The van der Waals surface area contributed by atoms with E-state index in [1.54, 1.807) is 13.8 Å². The number of ether oxygens (including phenoxy) is 1. The second kappa shape index (κ2) is 6.81. The molecule has 0 N–H and O–H groups in total. The molecule has 0 radical (unpaired) electrons. The molecule has 0 aliphatic rings. The van der Waals surface area contributed by atoms with Crippen molar-refractivity contribution < 1.29 is 28.0 Å². The Kier molecular flexibility index (Phi) is 6.52. The van der Waals surface area contributed by atoms with Gasteiger partial charge in [-0.15, -0.1) is 0 Å². The minimum Gasteiger partial charge on any atom is -0.756 e. The van der Waals surface area contributed by atoms with Crippen molar-refractivity contribution in [3.8, 4) is 0 Å². The molecule has 0 heterocycles. The van der Waals surface area contributed by atoms with Crippen LogP contribution in [0.5, 0.6) is 0 Å². The van der Waals surface area contributed by atoms with Crippen molar-refractivity contribution in [1.29, 1.82) is 0 Å². The van der Waals surface area contributed by atoms with Gasteiger partial charge in [-0.2, -0.15) is 0 Å². The molecule has 2 atom stereocenters. The van der Waals surface area contributed by atoms with Crippen LogP contribution >= 0.6 is 7.82 Å². The molecule has 2 unspecified atom stereocenters. The van der Waals surface area contributed by atoms with Crippen LogP contribution in [0, 0.1) is 5.92 Å². The molecular weight excluding hydrogens is 235 g/mol. The molecule has 16 heavy (non-hydrogen) atoms. The quantitative estimate of drug-likeness (QED) is 0.293. The molecule has 0 rings (SSSR count). The predicted octanol–water partition coefficient (Wildman–Crippen LogP) is 1.22. The Balaban J connectivity index is 4.09. The Hall–Kier alpha value is -0.680. The van der Waals surface area contributed by atoms with Gasteiger partial charge >= 0.3 is 5.97 Å². The van der Waals surface area contributed by atoms with Crippen LogP contribution in [0.2, 0.25) is 0 Å². The SMILES string of the molecule is C=CC(=O)OC(C)OP(=O)([O-])OCC(C)C. The average molecular weight is 251 g/mol. The zero-order valence-corrected chi connectivity index (χ0v) is 10.4. The standard InChI is InChI=1S/C9H17O6P/c1-5-9(10)14-8(4)15-16(11,12)13-6-7(2)3/h5,7-8H,1,6H2,2-4H3,(H,11,12)/p-1. The first-order valence-electron chi connectivity index (χ1n) is 4.74. The van der Waals surface area contributed by atoms with Gasteiger partial charge in [0, 0.05) is 6.08 Å². The van der Waals surface area contributed by atoms with Gasteiger partial charge in [0.25, 0.3) is 7.82 Å². The molecule has 0 amide bonds. The number of hydrogen-bond donors (Lipinski definition) is 0. The van der Waals surface area contributed by atoms with Crippen LogP contribution < -0.4 is 4.89 Å². The first-order valence-corrected chi connectivity index (χ1v) is 6.20. The third-order valence-corrected chi connectivity index (χ3v) is 2.31. The van der Waals surface area contributed by atoms with Crippen LogP contribution in [0.15, 0.2) is 12.7 Å². The molecule has 6 nitrogen and oxygen atoms in total. The largest absolute Gasteiger partial charge is 0.756 e. The lowest BCUT2D eigenvalue weighted by molar-refractivity contribution is -0.241. The minimum absolute atomic E-state index is 0.0168. The van der Waals surface area contributed by atoms with Crippen molar-refractivity contribution in [3.63, 3.8) is 0 Å². The van der Waals surface area contributed by atoms with Gasteiger partial charge in [-0.1, -0.05) is 20.4 Å². The molecule has 0 aromatic rings. The number of phosphoric acid groups is 1. The van der Waals surface area contributed by atoms with Crippen LogP contribution in [0.3, 0.4) is 0 Å². The fourth-order valence-electron chi connectivity index (χ4n) is 0.686. The normalized spacial score (nSPS) is 16.6. The maximum Gasteiger partial charge on any atom is 0.332 e. The van der Waals surface area contributed by atoms with Gasteiger partial charge in [-0.05, 0) is 12.8 Å². The van der Waals surface area contributed by atoms with Gasteiger partial charge in [-0.25, -0.2) is 4.79 Å². The van der Waals surface area contributed by atoms with E-state index in [1.807, 2.05) is 0 Å². The lowest BCUT2D eigenvalue weighted by Gasteiger charge is -2.26. The summed E-state index contributed by atoms with van der Waals surface area (Å²) in [4.78, 5) is 21.9. The monoisotopic (exact) mass is 251 g/mol. The molecule has 7 heteroatoms. The highest BCUT2D eigenvalue weighted by atomic mass is 31.2. The van der Waals surface area contributed by atoms with Crippen LogP contribution in [0.25, 0.3) is 0 Å². The van der Waals surface area contributed by atoms with Crippen LogP contribution in [-0.4, -0.2) is 18.9 Å². The first kappa shape index (κ1) is 15.3. The highest BCUT2D eigenvalue weighted by Gasteiger charge is 2.17. The number of hydrogen-bond acceptors (Lipinski definition) is 6. The van der Waals surface area contributed by atoms with Crippen molar-refractivity contribution >= 4 is 13.8 Å². The molecule has 0 aliphatic carbocycles. The zero-order valence-electron chi connectivity index (χ0n) is 9.54. The van der Waals surface area contributed by atoms with Crippen LogP contribution in [-0.2, 0) is 23.1 Å². The topological polar surface area (TPSA) is 84.9 Å². The van der Waals surface area contributed by atoms with Gasteiger partial charge < -0.3 is 14.2 Å². The Morgan fingerprint density at radius 1 is 1.50 bits per heavy atom. The summed E-state index contributed by atoms with van der Waals surface area (Å²) in [5.74, 6) is -0.715. The van der Waals surface area contributed by atoms with E-state index in [4.69, 9.17) is 0 Å². The lowest BCUT2D eigenvalue weighted by atomic mass is 10.2. The summed E-state index contributed by atoms with van der Waals surface area (Å²) in [6, 6.07) is 0. The Morgan fingerprint density at radius 2 is 2.06 bits per heavy atom. The second-order valence-corrected chi connectivity index (χ2v) is 4.81. The van der Waals surface area contributed by atoms with E-state index in [1.165, 1.54) is 6.92 Å². The van der Waals surface area contributed by atoms with E-state index in [0.717, 1.165) is 6.08 Å². The summed E-state index contributed by atoms with van der Waals surface area (Å²) in [5.41, 5.74) is 0. The number of phosphoric ester groups is 1. The van der Waals surface area contributed by atoms with Crippen molar-refractivity contribution in [1.82, 2.24) is 0 Å². The van der Waals surface area contributed by atoms with Crippen LogP contribution in [0.1, 0.15) is 20.8 Å². The highest BCUT2D eigenvalue weighted by Crippen LogP contribution is 2.40. The summed E-state index contributed by atoms with van der Waals surface area (Å²) in [5, 5.41) is 0. The smallest absolute Gasteiger partial charge is 0.332 e. The molecule has 0 saturated carbocycles. The molecule has 0 aromatic carbocycles. The third kappa shape index (κ3) is 7.59. The molecular formula is C9H16O6P-. The summed E-state index contributed by atoms with van der Waals surface area (Å²) in [6.45, 7) is 8.03. The van der Waals surface area contributed by atoms with Crippen molar-refractivity contribution in [3.05, 3.63) is 12.7 Å². The molecule has 0 bridgehead atoms. The van der Waals surface area contributed by atoms with Crippen molar-refractivity contribution in [2.24, 2.45) is 5.92 Å². The lowest BCUT2D eigenvalue weighted by Crippen LogP contribution is -2.20. The Morgan fingerprint density at radius 3 is 2.50 bits per heavy atom. The van der Waals surface area contributed by atoms with Gasteiger partial charge in [-0.3, -0.25) is 9.09 Å². The molecule has 0 fully saturated rings. The number of carbonyl (C=O) groups excluding carboxylic acids is 1. The molecule has 0 saturated heterocycles. The minimum atomic E-state index is -4.43. The van der Waals surface area contributed by atoms with E-state index in [-0.39, 0.29) is 12.5 Å². The summed E-state index contributed by atoms with van der Waals surface area (Å²) in [6.07, 6.45) is -0.328. The number of carbonyl (C=O) groups is 1. The molecule has 0 spiro atoms. The number of rotatable bonds is 7. The Bertz CT molecular complexity index is 288. The molecule has 0 aliphatic heterocycles. The average Bonchev–Trinajstić information content (AvgIpc) is 2.13. The van der Waals surface area contributed by atoms with E-state index >= 15 is 0 Å². The maximum absolute atomic E-state index is 11.2. The summed E-state index contributed by atoms with van der Waals surface area (Å²) >= 11 is 0. The van der Waals surface area contributed by atoms with Crippen LogP contribution in [0.4, 0.5) is 0 Å². The van der Waals surface area contributed by atoms with E-state index in [9.17, 15) is 14.3 Å². The van der Waals surface area contributed by atoms with E-state index in [0.29, 0.717) is 0 Å². The highest BCUT2D eigenvalue weighted by molar-refractivity contribution is 7.45. The second-order valence-electron chi connectivity index (χ2n) is 3.45. The fraction of sp³-hybridized carbons (Fsp3) is 0.667. The van der Waals surface area contributed by atoms with E-state index in [2.05, 4.69) is 20.4 Å². The first-order chi connectivity index (χ1) is 7.26. The maximum atomic E-state index is 11.2. The van der Waals surface area contributed by atoms with Gasteiger partial charge in [0.15, 0.2) is 0 Å². The van der Waals surface area contributed by atoms with E-state index < -0.39 is 20.1 Å². The van der Waals surface area contributed by atoms with Crippen molar-refractivity contribution in [2.45, 2.75) is 27.1 Å². The zero-order chi connectivity index (χ0) is 12.8. The third-order valence-electron chi connectivity index (χ3n) is 1.29. The summed E-state index contributed by atoms with van der Waals surface area (Å²) in [7, 11) is -4.43. The fourth-order valence-corrected chi connectivity index (χ4v) is 1.63. The molecule has 0 aromatic heterocycles. The Labute approximate surface area is 94.8 Å². The predicted molar refractivity (Wildman–Crippen MR) is 55.2 cm³/mol.